The van der Waals surface area contributed by atoms with Gasteiger partial charge in [-0.15, -0.1) is 0 Å². The number of halogens is 3. The maximum atomic E-state index is 13.0. The van der Waals surface area contributed by atoms with Gasteiger partial charge in [-0.25, -0.2) is 0 Å². The summed E-state index contributed by atoms with van der Waals surface area (Å²) in [5.74, 6) is 4.54. The van der Waals surface area contributed by atoms with Crippen LogP contribution in [0.4, 0.5) is 13.2 Å². The van der Waals surface area contributed by atoms with Crippen LogP contribution in [0.2, 0.25) is 0 Å². The Bertz CT molecular complexity index is 376. The molecular formula is C13H18F3NO. The number of hydrogen-bond donors (Lipinski definition) is 1. The Kier molecular flexibility index (Phi) is 4.12. The summed E-state index contributed by atoms with van der Waals surface area (Å²) in [7, 11) is 0. The third-order valence-electron chi connectivity index (χ3n) is 2.94. The van der Waals surface area contributed by atoms with Crippen molar-refractivity contribution in [1.29, 1.82) is 0 Å². The lowest BCUT2D eigenvalue weighted by Crippen LogP contribution is -2.46. The zero-order valence-electron chi connectivity index (χ0n) is 10.9. The molecule has 1 aliphatic rings. The van der Waals surface area contributed by atoms with Crippen molar-refractivity contribution < 1.29 is 18.0 Å². The molecule has 1 fully saturated rings. The van der Waals surface area contributed by atoms with Gasteiger partial charge >= 0.3 is 6.18 Å². The summed E-state index contributed by atoms with van der Waals surface area (Å²) >= 11 is 0. The molecule has 1 saturated heterocycles. The second-order valence-electron chi connectivity index (χ2n) is 5.66. The monoisotopic (exact) mass is 261 g/mol. The molecule has 2 nitrogen and oxygen atoms in total. The molecule has 0 aromatic carbocycles. The Balaban J connectivity index is 2.83. The number of Topliss-reactive ketones (excluding diaryl/α,β-unsaturated/α-hetero) is 1. The van der Waals surface area contributed by atoms with E-state index in [1.54, 1.807) is 0 Å². The van der Waals surface area contributed by atoms with E-state index in [2.05, 4.69) is 17.2 Å². The summed E-state index contributed by atoms with van der Waals surface area (Å²) in [5.41, 5.74) is -2.54. The van der Waals surface area contributed by atoms with Crippen molar-refractivity contribution in [2.45, 2.75) is 39.8 Å². The molecule has 0 aromatic rings. The Hall–Kier alpha value is -1.02. The first-order chi connectivity index (χ1) is 8.08. The molecule has 0 amide bonds. The van der Waals surface area contributed by atoms with E-state index in [4.69, 9.17) is 0 Å². The average molecular weight is 261 g/mol. The third kappa shape index (κ3) is 3.26. The lowest BCUT2D eigenvalue weighted by Gasteiger charge is -2.28. The highest BCUT2D eigenvalue weighted by Gasteiger charge is 2.60. The number of rotatable bonds is 2. The predicted octanol–water partition coefficient (Wildman–Crippen LogP) is 2.54. The zero-order valence-corrected chi connectivity index (χ0v) is 10.9. The van der Waals surface area contributed by atoms with Gasteiger partial charge in [0.05, 0.1) is 6.42 Å². The van der Waals surface area contributed by atoms with Crippen molar-refractivity contribution in [2.24, 2.45) is 10.8 Å². The fraction of sp³-hybridized carbons (Fsp3) is 0.769. The summed E-state index contributed by atoms with van der Waals surface area (Å²) in [4.78, 5) is 11.8. The van der Waals surface area contributed by atoms with E-state index in [0.717, 1.165) is 0 Å². The van der Waals surface area contributed by atoms with Crippen LogP contribution in [0.3, 0.4) is 0 Å². The van der Waals surface area contributed by atoms with Crippen LogP contribution in [0.15, 0.2) is 0 Å². The van der Waals surface area contributed by atoms with E-state index in [1.807, 2.05) is 20.8 Å². The molecule has 0 saturated carbocycles. The van der Waals surface area contributed by atoms with E-state index in [9.17, 15) is 18.0 Å². The van der Waals surface area contributed by atoms with Gasteiger partial charge in [-0.2, -0.15) is 13.2 Å². The zero-order chi connectivity index (χ0) is 14.0. The first-order valence-corrected chi connectivity index (χ1v) is 5.89. The lowest BCUT2D eigenvalue weighted by molar-refractivity contribution is -0.214. The Morgan fingerprint density at radius 2 is 1.94 bits per heavy atom. The van der Waals surface area contributed by atoms with Crippen molar-refractivity contribution in [3.63, 3.8) is 0 Å². The van der Waals surface area contributed by atoms with E-state index in [0.29, 0.717) is 0 Å². The predicted molar refractivity (Wildman–Crippen MR) is 62.8 cm³/mol. The minimum absolute atomic E-state index is 0.188. The van der Waals surface area contributed by atoms with E-state index < -0.39 is 17.4 Å². The maximum Gasteiger partial charge on any atom is 0.402 e. The van der Waals surface area contributed by atoms with Crippen LogP contribution in [-0.2, 0) is 4.79 Å². The second-order valence-corrected chi connectivity index (χ2v) is 5.66. The van der Waals surface area contributed by atoms with E-state index in [-0.39, 0.29) is 31.3 Å². The summed E-state index contributed by atoms with van der Waals surface area (Å²) in [6, 6.07) is 0. The van der Waals surface area contributed by atoms with Gasteiger partial charge in [0.2, 0.25) is 0 Å². The van der Waals surface area contributed by atoms with Gasteiger partial charge in [-0.3, -0.25) is 4.79 Å². The Morgan fingerprint density at radius 1 is 1.33 bits per heavy atom. The second kappa shape index (κ2) is 4.93. The molecule has 5 heteroatoms. The normalized spacial score (nSPS) is 24.6. The van der Waals surface area contributed by atoms with Crippen molar-refractivity contribution in [3.05, 3.63) is 0 Å². The van der Waals surface area contributed by atoms with Crippen molar-refractivity contribution in [1.82, 2.24) is 5.32 Å². The molecule has 102 valence electrons. The maximum absolute atomic E-state index is 13.0. The van der Waals surface area contributed by atoms with Gasteiger partial charge in [-0.1, -0.05) is 11.8 Å². The van der Waals surface area contributed by atoms with Crippen LogP contribution in [0.1, 0.15) is 33.6 Å². The molecule has 0 aliphatic carbocycles. The highest BCUT2D eigenvalue weighted by Crippen LogP contribution is 2.44. The smallest absolute Gasteiger partial charge is 0.315 e. The van der Waals surface area contributed by atoms with Crippen molar-refractivity contribution in [3.8, 4) is 11.8 Å². The minimum atomic E-state index is -4.50. The Morgan fingerprint density at radius 3 is 2.33 bits per heavy atom. The molecule has 0 radical (unpaired) electrons. The van der Waals surface area contributed by atoms with Crippen LogP contribution < -0.4 is 5.32 Å². The fourth-order valence-corrected chi connectivity index (χ4v) is 1.89. The summed E-state index contributed by atoms with van der Waals surface area (Å²) in [6.45, 7) is 5.44. The van der Waals surface area contributed by atoms with Gasteiger partial charge in [-0.05, 0) is 33.7 Å². The quantitative estimate of drug-likeness (QED) is 0.774. The van der Waals surface area contributed by atoms with Gasteiger partial charge in [0.1, 0.15) is 5.41 Å². The first-order valence-electron chi connectivity index (χ1n) is 5.89. The van der Waals surface area contributed by atoms with Gasteiger partial charge < -0.3 is 5.32 Å². The van der Waals surface area contributed by atoms with Gasteiger partial charge in [0.25, 0.3) is 0 Å². The standard InChI is InChI=1S/C13H18F3NO/c1-11(2,3)6-4-5-10(18)12(13(14,15)16)7-8-17-9-12/h17H,5,7-9H2,1-3H3. The number of nitrogens with one attached hydrogen (secondary N) is 1. The van der Waals surface area contributed by atoms with E-state index >= 15 is 0 Å². The highest BCUT2D eigenvalue weighted by molar-refractivity contribution is 5.88. The van der Waals surface area contributed by atoms with Crippen LogP contribution in [0.25, 0.3) is 0 Å². The van der Waals surface area contributed by atoms with Crippen LogP contribution >= 0.6 is 0 Å². The minimum Gasteiger partial charge on any atom is -0.315 e. The number of alkyl halides is 3. The largest absolute Gasteiger partial charge is 0.402 e. The molecule has 1 aliphatic heterocycles. The lowest BCUT2D eigenvalue weighted by atomic mass is 9.80. The van der Waals surface area contributed by atoms with E-state index in [1.165, 1.54) is 0 Å². The molecule has 0 aromatic heterocycles. The SMILES string of the molecule is CC(C)(C)C#CCC(=O)C1(C(F)(F)F)CCNC1. The Labute approximate surface area is 105 Å². The molecule has 1 N–H and O–H groups in total. The number of carbonyl (C=O) groups excluding carboxylic acids is 1. The van der Waals surface area contributed by atoms with Crippen LogP contribution in [0.5, 0.6) is 0 Å². The van der Waals surface area contributed by atoms with Gasteiger partial charge in [0.15, 0.2) is 5.78 Å². The number of hydrogen-bond acceptors (Lipinski definition) is 2. The summed E-state index contributed by atoms with van der Waals surface area (Å²) < 4.78 is 39.1. The molecule has 1 rings (SSSR count). The fourth-order valence-electron chi connectivity index (χ4n) is 1.89. The topological polar surface area (TPSA) is 29.1 Å². The highest BCUT2D eigenvalue weighted by atomic mass is 19.4. The molecule has 0 spiro atoms. The van der Waals surface area contributed by atoms with Crippen molar-refractivity contribution in [2.75, 3.05) is 13.1 Å². The molecule has 1 unspecified atom stereocenters. The summed E-state index contributed by atoms with van der Waals surface area (Å²) in [6.07, 6.45) is -5.03. The summed E-state index contributed by atoms with van der Waals surface area (Å²) in [5, 5.41) is 2.62. The average Bonchev–Trinajstić information content (AvgIpc) is 2.63. The third-order valence-corrected chi connectivity index (χ3v) is 2.94. The molecule has 0 bridgehead atoms. The first kappa shape index (κ1) is 15.0. The molecule has 1 atom stereocenters. The molecular weight excluding hydrogens is 243 g/mol. The molecule has 18 heavy (non-hydrogen) atoms. The van der Waals surface area contributed by atoms with Crippen LogP contribution in [-0.4, -0.2) is 25.0 Å². The van der Waals surface area contributed by atoms with Gasteiger partial charge in [0, 0.05) is 12.0 Å². The van der Waals surface area contributed by atoms with Crippen molar-refractivity contribution >= 4 is 5.78 Å². The molecule has 1 heterocycles. The van der Waals surface area contributed by atoms with Crippen LogP contribution in [0, 0.1) is 22.7 Å². The number of ketones is 1. The number of carbonyl (C=O) groups is 1.